The van der Waals surface area contributed by atoms with Gasteiger partial charge in [-0.3, -0.25) is 5.32 Å². The molecule has 0 aliphatic carbocycles. The first-order valence-corrected chi connectivity index (χ1v) is 11.4. The van der Waals surface area contributed by atoms with Crippen LogP contribution in [0.25, 0.3) is 0 Å². The van der Waals surface area contributed by atoms with Gasteiger partial charge in [0.05, 0.1) is 12.7 Å². The number of aromatic hydroxyl groups is 1. The van der Waals surface area contributed by atoms with Crippen LogP contribution in [0.4, 0.5) is 4.79 Å². The summed E-state index contributed by atoms with van der Waals surface area (Å²) >= 11 is 0. The second-order valence-electron chi connectivity index (χ2n) is 8.16. The first kappa shape index (κ1) is 25.5. The molecule has 0 fully saturated rings. The molecule has 0 aromatic heterocycles. The van der Waals surface area contributed by atoms with Gasteiger partial charge in [0.1, 0.15) is 17.4 Å². The number of allylic oxidation sites excluding steroid dienone is 2. The predicted octanol–water partition coefficient (Wildman–Crippen LogP) is 4.63. The van der Waals surface area contributed by atoms with Gasteiger partial charge in [-0.25, -0.2) is 9.59 Å². The van der Waals surface area contributed by atoms with E-state index in [0.29, 0.717) is 31.4 Å². The van der Waals surface area contributed by atoms with Crippen LogP contribution in [0.3, 0.4) is 0 Å². The van der Waals surface area contributed by atoms with Gasteiger partial charge in [-0.05, 0) is 36.8 Å². The summed E-state index contributed by atoms with van der Waals surface area (Å²) in [5.41, 5.74) is 0.824. The number of amides is 1. The SMILES string of the molecule is CCCCCOC(=O)NC=CCC1C[C@@H](O)[C@@H](C)CC=CCc2cccc(O)c2C(=O)O1. The van der Waals surface area contributed by atoms with Gasteiger partial charge >= 0.3 is 12.1 Å². The number of aliphatic hydroxyl groups excluding tert-OH is 1. The van der Waals surface area contributed by atoms with Gasteiger partial charge in [-0.15, -0.1) is 0 Å². The number of benzene rings is 1. The van der Waals surface area contributed by atoms with Crippen molar-refractivity contribution in [2.75, 3.05) is 6.61 Å². The molecule has 1 aliphatic rings. The van der Waals surface area contributed by atoms with Crippen LogP contribution in [0.5, 0.6) is 5.75 Å². The summed E-state index contributed by atoms with van der Waals surface area (Å²) in [4.78, 5) is 24.5. The summed E-state index contributed by atoms with van der Waals surface area (Å²) in [6, 6.07) is 4.94. The Balaban J connectivity index is 2.05. The quantitative estimate of drug-likeness (QED) is 0.321. The summed E-state index contributed by atoms with van der Waals surface area (Å²) in [6.07, 6.45) is 9.82. The fraction of sp³-hybridized carbons (Fsp3) is 0.520. The maximum atomic E-state index is 12.9. The van der Waals surface area contributed by atoms with Gasteiger partial charge in [0.25, 0.3) is 0 Å². The fourth-order valence-corrected chi connectivity index (χ4v) is 3.48. The van der Waals surface area contributed by atoms with Gasteiger partial charge in [0.15, 0.2) is 0 Å². The summed E-state index contributed by atoms with van der Waals surface area (Å²) in [6.45, 7) is 4.40. The van der Waals surface area contributed by atoms with E-state index in [0.717, 1.165) is 19.3 Å². The van der Waals surface area contributed by atoms with Gasteiger partial charge in [-0.2, -0.15) is 0 Å². The second-order valence-corrected chi connectivity index (χ2v) is 8.16. The highest BCUT2D eigenvalue weighted by Gasteiger charge is 2.25. The van der Waals surface area contributed by atoms with Crippen LogP contribution in [0.2, 0.25) is 0 Å². The van der Waals surface area contributed by atoms with Crippen LogP contribution in [0, 0.1) is 5.92 Å². The molecule has 32 heavy (non-hydrogen) atoms. The molecule has 0 saturated carbocycles. The number of unbranched alkanes of at least 4 members (excludes halogenated alkanes) is 2. The van der Waals surface area contributed by atoms with E-state index >= 15 is 0 Å². The molecule has 3 atom stereocenters. The minimum Gasteiger partial charge on any atom is -0.507 e. The average molecular weight is 446 g/mol. The smallest absolute Gasteiger partial charge is 0.411 e. The largest absolute Gasteiger partial charge is 0.507 e. The van der Waals surface area contributed by atoms with Crippen molar-refractivity contribution < 1.29 is 29.3 Å². The van der Waals surface area contributed by atoms with Crippen molar-refractivity contribution in [1.29, 1.82) is 0 Å². The number of ether oxygens (including phenoxy) is 2. The van der Waals surface area contributed by atoms with Crippen molar-refractivity contribution in [3.8, 4) is 5.75 Å². The monoisotopic (exact) mass is 445 g/mol. The van der Waals surface area contributed by atoms with Gasteiger partial charge in [0.2, 0.25) is 0 Å². The lowest BCUT2D eigenvalue weighted by atomic mass is 9.94. The maximum Gasteiger partial charge on any atom is 0.411 e. The average Bonchev–Trinajstić information content (AvgIpc) is 2.76. The van der Waals surface area contributed by atoms with Gasteiger partial charge in [-0.1, -0.05) is 57.0 Å². The molecule has 0 bridgehead atoms. The van der Waals surface area contributed by atoms with E-state index in [-0.39, 0.29) is 23.7 Å². The third-order valence-electron chi connectivity index (χ3n) is 5.48. The predicted molar refractivity (Wildman–Crippen MR) is 122 cm³/mol. The molecule has 1 heterocycles. The number of carbonyl (C=O) groups is 2. The van der Waals surface area contributed by atoms with Crippen LogP contribution in [0.1, 0.15) is 68.3 Å². The number of nitrogens with one attached hydrogen (secondary N) is 1. The summed E-state index contributed by atoms with van der Waals surface area (Å²) in [5.74, 6) is -0.766. The summed E-state index contributed by atoms with van der Waals surface area (Å²) < 4.78 is 10.7. The molecule has 1 aliphatic heterocycles. The third kappa shape index (κ3) is 8.38. The van der Waals surface area contributed by atoms with Crippen LogP contribution >= 0.6 is 0 Å². The van der Waals surface area contributed by atoms with Gasteiger partial charge in [0, 0.05) is 19.0 Å². The molecule has 0 spiro atoms. The van der Waals surface area contributed by atoms with E-state index in [1.165, 1.54) is 12.3 Å². The molecule has 1 aromatic rings. The van der Waals surface area contributed by atoms with E-state index in [1.807, 2.05) is 19.1 Å². The first-order valence-electron chi connectivity index (χ1n) is 11.4. The van der Waals surface area contributed by atoms with Crippen LogP contribution in [-0.2, 0) is 15.9 Å². The highest BCUT2D eigenvalue weighted by molar-refractivity contribution is 5.94. The number of hydrogen-bond acceptors (Lipinski definition) is 6. The lowest BCUT2D eigenvalue weighted by Gasteiger charge is -2.24. The minimum absolute atomic E-state index is 0.00396. The Kier molecular flexibility index (Phi) is 10.8. The van der Waals surface area contributed by atoms with Crippen molar-refractivity contribution in [3.05, 3.63) is 53.8 Å². The van der Waals surface area contributed by atoms with E-state index in [9.17, 15) is 19.8 Å². The molecule has 1 aromatic carbocycles. The number of esters is 1. The lowest BCUT2D eigenvalue weighted by molar-refractivity contribution is 0.00678. The van der Waals surface area contributed by atoms with Crippen molar-refractivity contribution in [2.24, 2.45) is 5.92 Å². The molecule has 1 unspecified atom stereocenters. The molecule has 0 radical (unpaired) electrons. The lowest BCUT2D eigenvalue weighted by Crippen LogP contribution is -2.28. The number of aliphatic hydroxyl groups is 1. The normalized spacial score (nSPS) is 21.8. The summed E-state index contributed by atoms with van der Waals surface area (Å²) in [5, 5.41) is 23.3. The molecule has 1 amide bonds. The topological polar surface area (TPSA) is 105 Å². The number of hydrogen-bond donors (Lipinski definition) is 3. The molecule has 0 saturated heterocycles. The Morgan fingerprint density at radius 1 is 1.31 bits per heavy atom. The molecule has 2 rings (SSSR count). The van der Waals surface area contributed by atoms with Crippen LogP contribution < -0.4 is 5.32 Å². The minimum atomic E-state index is -0.661. The highest BCUT2D eigenvalue weighted by Crippen LogP contribution is 2.26. The Morgan fingerprint density at radius 2 is 2.12 bits per heavy atom. The molecule has 176 valence electrons. The van der Waals surface area contributed by atoms with E-state index in [1.54, 1.807) is 18.2 Å². The molecular weight excluding hydrogens is 410 g/mol. The zero-order valence-corrected chi connectivity index (χ0v) is 19.0. The Morgan fingerprint density at radius 3 is 2.91 bits per heavy atom. The van der Waals surface area contributed by atoms with Crippen molar-refractivity contribution in [1.82, 2.24) is 5.32 Å². The zero-order valence-electron chi connectivity index (χ0n) is 19.0. The highest BCUT2D eigenvalue weighted by atomic mass is 16.5. The molecular formula is C25H35NO6. The zero-order chi connectivity index (χ0) is 23.3. The number of fused-ring (bicyclic) bond motifs is 1. The molecule has 7 heteroatoms. The first-order chi connectivity index (χ1) is 15.4. The van der Waals surface area contributed by atoms with Crippen LogP contribution in [0.15, 0.2) is 42.6 Å². The Hall–Kier alpha value is -2.80. The third-order valence-corrected chi connectivity index (χ3v) is 5.48. The van der Waals surface area contributed by atoms with Crippen molar-refractivity contribution in [3.63, 3.8) is 0 Å². The molecule has 3 N–H and O–H groups in total. The standard InChI is InChI=1S/C25H35NO6/c1-3-4-7-16-31-25(30)26-15-9-13-20-17-22(28)18(2)10-5-6-11-19-12-8-14-21(27)23(19)24(29)32-20/h5-6,8-9,12,14-15,18,20,22,27-28H,3-4,7,10-11,13,16-17H2,1-2H3,(H,26,30)/t18-,20?,22+/m0/s1. The van der Waals surface area contributed by atoms with E-state index < -0.39 is 24.3 Å². The number of rotatable bonds is 7. The van der Waals surface area contributed by atoms with Crippen molar-refractivity contribution in [2.45, 2.75) is 71.0 Å². The number of cyclic esters (lactones) is 1. The van der Waals surface area contributed by atoms with Crippen LogP contribution in [-0.4, -0.2) is 41.1 Å². The van der Waals surface area contributed by atoms with E-state index in [4.69, 9.17) is 9.47 Å². The number of carbonyl (C=O) groups excluding carboxylic acids is 2. The maximum absolute atomic E-state index is 12.9. The Bertz CT molecular complexity index is 804. The summed E-state index contributed by atoms with van der Waals surface area (Å²) in [7, 11) is 0. The Labute approximate surface area is 190 Å². The van der Waals surface area contributed by atoms with Crippen molar-refractivity contribution >= 4 is 12.1 Å². The van der Waals surface area contributed by atoms with Gasteiger partial charge < -0.3 is 19.7 Å². The second kappa shape index (κ2) is 13.6. The van der Waals surface area contributed by atoms with E-state index in [2.05, 4.69) is 12.2 Å². The fourth-order valence-electron chi connectivity index (χ4n) is 3.48. The number of phenols is 1. The number of phenolic OH excluding ortho intramolecular Hbond substituents is 1. The molecule has 7 nitrogen and oxygen atoms in total. The number of alkyl carbamates (subject to hydrolysis) is 1.